The van der Waals surface area contributed by atoms with Gasteiger partial charge in [0.2, 0.25) is 0 Å². The number of hydrogen-bond acceptors (Lipinski definition) is 4. The predicted octanol–water partition coefficient (Wildman–Crippen LogP) is 6.81. The lowest BCUT2D eigenvalue weighted by Gasteiger charge is -2.11. The van der Waals surface area contributed by atoms with E-state index in [0.717, 1.165) is 49.5 Å². The smallest absolute Gasteiger partial charge is 0.159 e. The van der Waals surface area contributed by atoms with Crippen LogP contribution in [0, 0.1) is 11.3 Å². The summed E-state index contributed by atoms with van der Waals surface area (Å²) in [5.41, 5.74) is 7.02. The minimum atomic E-state index is 0.295. The monoisotopic (exact) mass is 447 g/mol. The first-order chi connectivity index (χ1) is 17.3. The van der Waals surface area contributed by atoms with Gasteiger partial charge in [-0.3, -0.25) is 9.97 Å². The maximum absolute atomic E-state index is 9.47. The van der Waals surface area contributed by atoms with E-state index in [1.807, 2.05) is 24.4 Å². The van der Waals surface area contributed by atoms with Crippen molar-refractivity contribution in [1.29, 1.82) is 5.26 Å². The molecule has 0 fully saturated rings. The second-order valence-corrected chi connectivity index (χ2v) is 8.51. The van der Waals surface area contributed by atoms with E-state index >= 15 is 0 Å². The van der Waals surface area contributed by atoms with E-state index in [1.54, 1.807) is 12.4 Å². The van der Waals surface area contributed by atoms with Crippen LogP contribution in [0.5, 0.6) is 0 Å². The molecule has 0 N–H and O–H groups in total. The molecule has 162 valence electrons. The maximum Gasteiger partial charge on any atom is 0.159 e. The van der Waals surface area contributed by atoms with Crippen LogP contribution in [0.1, 0.15) is 5.69 Å². The fraction of sp³-hybridized carbons (Fsp3) is 0. The van der Waals surface area contributed by atoms with Gasteiger partial charge in [-0.25, -0.2) is 4.98 Å². The Morgan fingerprint density at radius 2 is 1.57 bits per heavy atom. The average molecular weight is 448 g/mol. The molecular formula is C30H17N5. The number of fused-ring (bicyclic) bond motifs is 6. The molecule has 0 radical (unpaired) electrons. The average Bonchev–Trinajstić information content (AvgIpc) is 3.25. The third-order valence-electron chi connectivity index (χ3n) is 6.53. The zero-order valence-corrected chi connectivity index (χ0v) is 18.6. The molecule has 5 heteroatoms. The van der Waals surface area contributed by atoms with E-state index < -0.39 is 0 Å². The van der Waals surface area contributed by atoms with Crippen LogP contribution < -0.4 is 0 Å². The zero-order chi connectivity index (χ0) is 23.4. The largest absolute Gasteiger partial charge is 0.309 e. The second kappa shape index (κ2) is 7.47. The van der Waals surface area contributed by atoms with Crippen LogP contribution in [0.2, 0.25) is 0 Å². The second-order valence-electron chi connectivity index (χ2n) is 8.51. The van der Waals surface area contributed by atoms with Gasteiger partial charge in [0.05, 0.1) is 28.3 Å². The molecule has 7 rings (SSSR count). The van der Waals surface area contributed by atoms with Crippen molar-refractivity contribution >= 4 is 43.6 Å². The van der Waals surface area contributed by atoms with Crippen LogP contribution in [0.15, 0.2) is 104 Å². The van der Waals surface area contributed by atoms with Gasteiger partial charge in [0.25, 0.3) is 0 Å². The number of para-hydroxylation sites is 2. The van der Waals surface area contributed by atoms with Gasteiger partial charge in [-0.15, -0.1) is 0 Å². The van der Waals surface area contributed by atoms with Crippen molar-refractivity contribution in [3.05, 3.63) is 109 Å². The molecule has 4 aromatic carbocycles. The minimum Gasteiger partial charge on any atom is -0.309 e. The molecular weight excluding hydrogens is 430 g/mol. The SMILES string of the molecule is N#Cc1cnc2c(n1)c(-c1cccnc1)cc1cc3c(cc12)c1ccccc1n3-c1ccccc1. The number of rotatable bonds is 2. The molecule has 5 nitrogen and oxygen atoms in total. The maximum atomic E-state index is 9.47. The van der Waals surface area contributed by atoms with Crippen LogP contribution in [-0.2, 0) is 0 Å². The third kappa shape index (κ3) is 2.91. The van der Waals surface area contributed by atoms with Crippen molar-refractivity contribution in [3.8, 4) is 22.9 Å². The Balaban J connectivity index is 1.67. The van der Waals surface area contributed by atoms with Gasteiger partial charge in [0.1, 0.15) is 6.07 Å². The number of nitrogens with zero attached hydrogens (tertiary/aromatic N) is 5. The van der Waals surface area contributed by atoms with Gasteiger partial charge in [-0.2, -0.15) is 5.26 Å². The number of benzene rings is 4. The van der Waals surface area contributed by atoms with Gasteiger partial charge >= 0.3 is 0 Å². The highest BCUT2D eigenvalue weighted by molar-refractivity contribution is 6.19. The first kappa shape index (κ1) is 19.4. The summed E-state index contributed by atoms with van der Waals surface area (Å²) in [4.78, 5) is 13.7. The Bertz CT molecular complexity index is 1950. The van der Waals surface area contributed by atoms with Gasteiger partial charge in [-0.05, 0) is 47.9 Å². The number of hydrogen-bond donors (Lipinski definition) is 0. The zero-order valence-electron chi connectivity index (χ0n) is 18.6. The quantitative estimate of drug-likeness (QED) is 0.273. The fourth-order valence-corrected chi connectivity index (χ4v) is 5.00. The number of nitriles is 1. The summed E-state index contributed by atoms with van der Waals surface area (Å²) in [7, 11) is 0. The molecule has 0 aliphatic heterocycles. The molecule has 3 heterocycles. The van der Waals surface area contributed by atoms with E-state index in [0.29, 0.717) is 11.2 Å². The van der Waals surface area contributed by atoms with Crippen LogP contribution in [0.3, 0.4) is 0 Å². The highest BCUT2D eigenvalue weighted by Crippen LogP contribution is 2.39. The highest BCUT2D eigenvalue weighted by Gasteiger charge is 2.17. The molecule has 7 aromatic rings. The summed E-state index contributed by atoms with van der Waals surface area (Å²) in [6, 6.07) is 31.5. The molecule has 0 saturated heterocycles. The van der Waals surface area contributed by atoms with E-state index in [2.05, 4.69) is 87.3 Å². The van der Waals surface area contributed by atoms with Crippen molar-refractivity contribution in [2.45, 2.75) is 0 Å². The number of aromatic nitrogens is 4. The Labute approximate surface area is 200 Å². The normalized spacial score (nSPS) is 11.4. The molecule has 0 atom stereocenters. The Hall–Kier alpha value is -5.08. The molecule has 0 spiro atoms. The third-order valence-corrected chi connectivity index (χ3v) is 6.53. The van der Waals surface area contributed by atoms with Gasteiger partial charge < -0.3 is 4.57 Å². The van der Waals surface area contributed by atoms with Crippen molar-refractivity contribution in [2.75, 3.05) is 0 Å². The Morgan fingerprint density at radius 1 is 0.714 bits per heavy atom. The van der Waals surface area contributed by atoms with Crippen LogP contribution in [-0.4, -0.2) is 19.5 Å². The summed E-state index contributed by atoms with van der Waals surface area (Å²) in [5.74, 6) is 0. The van der Waals surface area contributed by atoms with Crippen LogP contribution in [0.25, 0.3) is 60.4 Å². The lowest BCUT2D eigenvalue weighted by Crippen LogP contribution is -1.95. The Morgan fingerprint density at radius 3 is 2.40 bits per heavy atom. The molecule has 3 aromatic heterocycles. The van der Waals surface area contributed by atoms with Crippen molar-refractivity contribution in [2.24, 2.45) is 0 Å². The summed E-state index contributed by atoms with van der Waals surface area (Å²) < 4.78 is 2.31. The summed E-state index contributed by atoms with van der Waals surface area (Å²) in [6.07, 6.45) is 5.12. The van der Waals surface area contributed by atoms with Crippen LogP contribution in [0.4, 0.5) is 0 Å². The topological polar surface area (TPSA) is 67.4 Å². The molecule has 0 aliphatic carbocycles. The fourth-order valence-electron chi connectivity index (χ4n) is 5.00. The molecule has 0 bridgehead atoms. The molecule has 0 saturated carbocycles. The van der Waals surface area contributed by atoms with E-state index in [9.17, 15) is 5.26 Å². The molecule has 35 heavy (non-hydrogen) atoms. The first-order valence-electron chi connectivity index (χ1n) is 11.3. The predicted molar refractivity (Wildman–Crippen MR) is 139 cm³/mol. The summed E-state index contributed by atoms with van der Waals surface area (Å²) in [6.45, 7) is 0. The molecule has 0 aliphatic rings. The van der Waals surface area contributed by atoms with Gasteiger partial charge in [-0.1, -0.05) is 42.5 Å². The molecule has 0 amide bonds. The van der Waals surface area contributed by atoms with E-state index in [4.69, 9.17) is 4.98 Å². The number of pyridine rings is 1. The first-order valence-corrected chi connectivity index (χ1v) is 11.3. The highest BCUT2D eigenvalue weighted by atomic mass is 15.0. The minimum absolute atomic E-state index is 0.295. The molecule has 0 unspecified atom stereocenters. The van der Waals surface area contributed by atoms with Crippen molar-refractivity contribution in [1.82, 2.24) is 19.5 Å². The Kier molecular flexibility index (Phi) is 4.14. The van der Waals surface area contributed by atoms with Crippen molar-refractivity contribution < 1.29 is 0 Å². The van der Waals surface area contributed by atoms with Gasteiger partial charge in [0, 0.05) is 45.4 Å². The van der Waals surface area contributed by atoms with Gasteiger partial charge in [0.15, 0.2) is 5.69 Å². The lowest BCUT2D eigenvalue weighted by molar-refractivity contribution is 1.18. The summed E-state index contributed by atoms with van der Waals surface area (Å²) in [5, 5.41) is 13.9. The van der Waals surface area contributed by atoms with E-state index in [-0.39, 0.29) is 0 Å². The van der Waals surface area contributed by atoms with Crippen molar-refractivity contribution in [3.63, 3.8) is 0 Å². The standard InChI is InChI=1S/C30H17N5/c31-16-21-18-33-29-25-15-26-23-10-4-5-11-27(23)35(22-8-2-1-3-9-22)28(26)14-20(25)13-24(30(29)34-21)19-7-6-12-32-17-19/h1-15,17-18H. The summed E-state index contributed by atoms with van der Waals surface area (Å²) >= 11 is 0. The van der Waals surface area contributed by atoms with Crippen LogP contribution >= 0.6 is 0 Å². The van der Waals surface area contributed by atoms with E-state index in [1.165, 1.54) is 5.39 Å². The lowest BCUT2D eigenvalue weighted by atomic mass is 9.98.